The predicted molar refractivity (Wildman–Crippen MR) is 45.7 cm³/mol. The molecule has 0 saturated carbocycles. The van der Waals surface area contributed by atoms with Crippen LogP contribution in [0.15, 0.2) is 0 Å². The van der Waals surface area contributed by atoms with Gasteiger partial charge in [-0.15, -0.1) is 0 Å². The number of hydrogen-bond acceptors (Lipinski definition) is 3. The minimum absolute atomic E-state index is 0.138. The third-order valence-electron chi connectivity index (χ3n) is 2.22. The van der Waals surface area contributed by atoms with Gasteiger partial charge in [-0.05, 0) is 20.5 Å². The molecule has 4 heteroatoms. The maximum absolute atomic E-state index is 9.20. The molecule has 0 aliphatic heterocycles. The molecule has 0 aromatic rings. The molecule has 0 aromatic heterocycles. The van der Waals surface area contributed by atoms with Crippen LogP contribution in [0, 0.1) is 0 Å². The van der Waals surface area contributed by atoms with Crippen LogP contribution in [-0.2, 0) is 0 Å². The minimum atomic E-state index is -1.03. The molecule has 11 heavy (non-hydrogen) atoms. The van der Waals surface area contributed by atoms with Crippen LogP contribution in [0.25, 0.3) is 0 Å². The van der Waals surface area contributed by atoms with Crippen LogP contribution in [-0.4, -0.2) is 46.9 Å². The molecule has 0 spiro atoms. The van der Waals surface area contributed by atoms with Crippen molar-refractivity contribution in [3.8, 4) is 0 Å². The summed E-state index contributed by atoms with van der Waals surface area (Å²) >= 11 is 5.55. The molecule has 0 bridgehead atoms. The Morgan fingerprint density at radius 3 is 2.00 bits per heavy atom. The first-order valence-corrected chi connectivity index (χ1v) is 4.05. The monoisotopic (exact) mass is 181 g/mol. The number of rotatable bonds is 4. The average Bonchev–Trinajstić information content (AvgIpc) is 1.90. The molecular formula is C7H16ClNO2. The highest BCUT2D eigenvalue weighted by molar-refractivity contribution is 6.20. The van der Waals surface area contributed by atoms with Gasteiger partial charge in [-0.3, -0.25) is 4.90 Å². The molecule has 2 unspecified atom stereocenters. The molecule has 2 N–H and O–H groups in total. The SMILES string of the molecule is CCC(CO)(C(O)Cl)N(C)C. The molecule has 0 rings (SSSR count). The number of halogens is 1. The highest BCUT2D eigenvalue weighted by Gasteiger charge is 2.36. The summed E-state index contributed by atoms with van der Waals surface area (Å²) in [7, 11) is 3.57. The number of aliphatic hydroxyl groups is 2. The van der Waals surface area contributed by atoms with Crippen molar-refractivity contribution in [1.82, 2.24) is 4.90 Å². The van der Waals surface area contributed by atoms with Crippen molar-refractivity contribution in [2.75, 3.05) is 20.7 Å². The van der Waals surface area contributed by atoms with Crippen molar-refractivity contribution in [1.29, 1.82) is 0 Å². The predicted octanol–water partition coefficient (Wildman–Crippen LogP) is 0.246. The van der Waals surface area contributed by atoms with Crippen LogP contribution in [0.2, 0.25) is 0 Å². The van der Waals surface area contributed by atoms with E-state index in [4.69, 9.17) is 16.7 Å². The summed E-state index contributed by atoms with van der Waals surface area (Å²) < 4.78 is 0. The molecule has 0 aromatic carbocycles. The first kappa shape index (κ1) is 11.2. The fraction of sp³-hybridized carbons (Fsp3) is 1.00. The summed E-state index contributed by atoms with van der Waals surface area (Å²) in [4.78, 5) is 1.74. The molecule has 0 aliphatic carbocycles. The first-order valence-electron chi connectivity index (χ1n) is 3.61. The van der Waals surface area contributed by atoms with Gasteiger partial charge in [-0.25, -0.2) is 0 Å². The highest BCUT2D eigenvalue weighted by Crippen LogP contribution is 2.23. The smallest absolute Gasteiger partial charge is 0.148 e. The van der Waals surface area contributed by atoms with Crippen LogP contribution in [0.1, 0.15) is 13.3 Å². The molecule has 0 heterocycles. The summed E-state index contributed by atoms with van der Waals surface area (Å²) in [6, 6.07) is 0. The third kappa shape index (κ3) is 2.06. The van der Waals surface area contributed by atoms with Crippen LogP contribution in [0.4, 0.5) is 0 Å². The second kappa shape index (κ2) is 4.26. The summed E-state index contributed by atoms with van der Waals surface area (Å²) in [5.74, 6) is 0. The molecule has 68 valence electrons. The van der Waals surface area contributed by atoms with Gasteiger partial charge in [0, 0.05) is 0 Å². The van der Waals surface area contributed by atoms with Gasteiger partial charge in [0.1, 0.15) is 5.56 Å². The summed E-state index contributed by atoms with van der Waals surface area (Å²) in [6.07, 6.45) is 0.612. The molecule has 0 amide bonds. The number of nitrogens with zero attached hydrogens (tertiary/aromatic N) is 1. The molecule has 0 fully saturated rings. The Bertz CT molecular complexity index is 103. The molecular weight excluding hydrogens is 166 g/mol. The highest BCUT2D eigenvalue weighted by atomic mass is 35.5. The average molecular weight is 182 g/mol. The maximum Gasteiger partial charge on any atom is 0.148 e. The fourth-order valence-electron chi connectivity index (χ4n) is 1.03. The van der Waals surface area contributed by atoms with Gasteiger partial charge in [0.25, 0.3) is 0 Å². The maximum atomic E-state index is 9.20. The lowest BCUT2D eigenvalue weighted by Crippen LogP contribution is -2.54. The lowest BCUT2D eigenvalue weighted by atomic mass is 9.97. The lowest BCUT2D eigenvalue weighted by Gasteiger charge is -2.38. The fourth-order valence-corrected chi connectivity index (χ4v) is 1.44. The summed E-state index contributed by atoms with van der Waals surface area (Å²) in [5.41, 5.74) is -1.74. The van der Waals surface area contributed by atoms with Crippen molar-refractivity contribution >= 4 is 11.6 Å². The second-order valence-electron chi connectivity index (χ2n) is 2.85. The van der Waals surface area contributed by atoms with Gasteiger partial charge < -0.3 is 10.2 Å². The summed E-state index contributed by atoms with van der Waals surface area (Å²) in [6.45, 7) is 1.74. The Hall–Kier alpha value is 0.170. The van der Waals surface area contributed by atoms with E-state index >= 15 is 0 Å². The zero-order chi connectivity index (χ0) is 9.07. The van der Waals surface area contributed by atoms with Gasteiger partial charge in [0.15, 0.2) is 0 Å². The van der Waals surface area contributed by atoms with Crippen molar-refractivity contribution in [2.45, 2.75) is 24.4 Å². The van der Waals surface area contributed by atoms with Crippen LogP contribution in [0.3, 0.4) is 0 Å². The van der Waals surface area contributed by atoms with Crippen LogP contribution >= 0.6 is 11.6 Å². The van der Waals surface area contributed by atoms with Crippen molar-refractivity contribution in [3.05, 3.63) is 0 Å². The molecule has 0 radical (unpaired) electrons. The molecule has 3 nitrogen and oxygen atoms in total. The zero-order valence-electron chi connectivity index (χ0n) is 7.21. The van der Waals surface area contributed by atoms with E-state index in [1.807, 2.05) is 6.92 Å². The van der Waals surface area contributed by atoms with E-state index in [-0.39, 0.29) is 6.61 Å². The Morgan fingerprint density at radius 2 is 2.00 bits per heavy atom. The quantitative estimate of drug-likeness (QED) is 0.611. The number of aliphatic hydroxyl groups excluding tert-OH is 2. The van der Waals surface area contributed by atoms with E-state index in [9.17, 15) is 5.11 Å². The third-order valence-corrected chi connectivity index (χ3v) is 2.63. The van der Waals surface area contributed by atoms with Gasteiger partial charge in [0.05, 0.1) is 12.1 Å². The van der Waals surface area contributed by atoms with Gasteiger partial charge >= 0.3 is 0 Å². The van der Waals surface area contributed by atoms with E-state index in [0.29, 0.717) is 6.42 Å². The van der Waals surface area contributed by atoms with Gasteiger partial charge in [0.2, 0.25) is 0 Å². The Labute approximate surface area is 72.6 Å². The number of likely N-dealkylation sites (N-methyl/N-ethyl adjacent to an activating group) is 1. The van der Waals surface area contributed by atoms with E-state index in [0.717, 1.165) is 0 Å². The summed E-state index contributed by atoms with van der Waals surface area (Å²) in [5, 5.41) is 18.2. The standard InChI is InChI=1S/C7H16ClNO2/c1-4-7(5-10,6(8)11)9(2)3/h6,10-11H,4-5H2,1-3H3. The van der Waals surface area contributed by atoms with Crippen LogP contribution in [0.5, 0.6) is 0 Å². The number of alkyl halides is 1. The van der Waals surface area contributed by atoms with E-state index in [1.165, 1.54) is 0 Å². The number of hydrogen-bond donors (Lipinski definition) is 2. The van der Waals surface area contributed by atoms with Crippen LogP contribution < -0.4 is 0 Å². The Morgan fingerprint density at radius 1 is 1.55 bits per heavy atom. The van der Waals surface area contributed by atoms with Crippen molar-refractivity contribution < 1.29 is 10.2 Å². The topological polar surface area (TPSA) is 43.7 Å². The minimum Gasteiger partial charge on any atom is -0.394 e. The molecule has 0 aliphatic rings. The first-order chi connectivity index (χ1) is 5.01. The van der Waals surface area contributed by atoms with E-state index in [2.05, 4.69) is 0 Å². The zero-order valence-corrected chi connectivity index (χ0v) is 7.97. The van der Waals surface area contributed by atoms with E-state index in [1.54, 1.807) is 19.0 Å². The van der Waals surface area contributed by atoms with Crippen molar-refractivity contribution in [3.63, 3.8) is 0 Å². The Kier molecular flexibility index (Phi) is 4.32. The molecule has 0 saturated heterocycles. The lowest BCUT2D eigenvalue weighted by molar-refractivity contribution is -0.00651. The van der Waals surface area contributed by atoms with Crippen molar-refractivity contribution in [2.24, 2.45) is 0 Å². The Balaban J connectivity index is 4.46. The molecule has 2 atom stereocenters. The normalized spacial score (nSPS) is 19.9. The van der Waals surface area contributed by atoms with Gasteiger partial charge in [-0.1, -0.05) is 18.5 Å². The van der Waals surface area contributed by atoms with Gasteiger partial charge in [-0.2, -0.15) is 0 Å². The largest absolute Gasteiger partial charge is 0.394 e. The second-order valence-corrected chi connectivity index (χ2v) is 3.26. The van der Waals surface area contributed by atoms with E-state index < -0.39 is 11.1 Å².